The average Bonchev–Trinajstić information content (AvgIpc) is 2.41. The molecule has 3 nitrogen and oxygen atoms in total. The van der Waals surface area contributed by atoms with Crippen molar-refractivity contribution >= 4 is 5.91 Å². The number of likely N-dealkylation sites (tertiary alicyclic amines) is 1. The number of ether oxygens (including phenoxy) is 1. The Morgan fingerprint density at radius 3 is 2.61 bits per heavy atom. The molecule has 1 fully saturated rings. The van der Waals surface area contributed by atoms with E-state index in [2.05, 4.69) is 0 Å². The summed E-state index contributed by atoms with van der Waals surface area (Å²) in [4.78, 5) is 13.6. The van der Waals surface area contributed by atoms with E-state index >= 15 is 0 Å². The second kappa shape index (κ2) is 5.44. The largest absolute Gasteiger partial charge is 0.381 e. The van der Waals surface area contributed by atoms with Crippen molar-refractivity contribution in [3.63, 3.8) is 0 Å². The number of benzene rings is 1. The summed E-state index contributed by atoms with van der Waals surface area (Å²) >= 11 is 0. The summed E-state index contributed by atoms with van der Waals surface area (Å²) in [6.45, 7) is 1.01. The van der Waals surface area contributed by atoms with E-state index in [4.69, 9.17) is 4.74 Å². The van der Waals surface area contributed by atoms with Crippen LogP contribution < -0.4 is 0 Å². The number of halogens is 2. The summed E-state index contributed by atoms with van der Waals surface area (Å²) in [5, 5.41) is 0. The van der Waals surface area contributed by atoms with Gasteiger partial charge in [-0.1, -0.05) is 6.07 Å². The van der Waals surface area contributed by atoms with Gasteiger partial charge in [-0.15, -0.1) is 0 Å². The van der Waals surface area contributed by atoms with Crippen molar-refractivity contribution in [2.24, 2.45) is 0 Å². The number of hydrogen-bond acceptors (Lipinski definition) is 2. The smallest absolute Gasteiger partial charge is 0.256 e. The molecule has 1 aliphatic rings. The topological polar surface area (TPSA) is 29.5 Å². The second-order valence-corrected chi connectivity index (χ2v) is 4.33. The molecule has 2 rings (SSSR count). The van der Waals surface area contributed by atoms with Crippen LogP contribution in [0.1, 0.15) is 23.2 Å². The predicted molar refractivity (Wildman–Crippen MR) is 62.3 cm³/mol. The van der Waals surface area contributed by atoms with Crippen LogP contribution in [0.4, 0.5) is 8.78 Å². The molecule has 0 aliphatic carbocycles. The minimum absolute atomic E-state index is 0.145. The molecule has 0 spiro atoms. The van der Waals surface area contributed by atoms with Gasteiger partial charge < -0.3 is 9.64 Å². The molecule has 0 radical (unpaired) electrons. The van der Waals surface area contributed by atoms with Gasteiger partial charge in [0.2, 0.25) is 0 Å². The number of hydrogen-bond donors (Lipinski definition) is 0. The average molecular weight is 255 g/mol. The standard InChI is InChI=1S/C13H15F2NO2/c1-18-9-5-7-16(8-6-9)13(17)10-3-2-4-11(14)12(10)15/h2-4,9H,5-8H2,1H3. The SMILES string of the molecule is COC1CCN(C(=O)c2cccc(F)c2F)CC1. The van der Waals surface area contributed by atoms with Crippen molar-refractivity contribution in [2.75, 3.05) is 20.2 Å². The highest BCUT2D eigenvalue weighted by Gasteiger charge is 2.25. The lowest BCUT2D eigenvalue weighted by Crippen LogP contribution is -2.41. The lowest BCUT2D eigenvalue weighted by molar-refractivity contribution is 0.0348. The first-order valence-corrected chi connectivity index (χ1v) is 5.89. The number of amides is 1. The van der Waals surface area contributed by atoms with Crippen LogP contribution in [0, 0.1) is 11.6 Å². The molecule has 98 valence electrons. The first-order chi connectivity index (χ1) is 8.63. The number of carbonyl (C=O) groups is 1. The molecule has 0 unspecified atom stereocenters. The highest BCUT2D eigenvalue weighted by atomic mass is 19.2. The molecule has 1 amide bonds. The Kier molecular flexibility index (Phi) is 3.91. The lowest BCUT2D eigenvalue weighted by Gasteiger charge is -2.31. The summed E-state index contributed by atoms with van der Waals surface area (Å²) < 4.78 is 31.8. The highest BCUT2D eigenvalue weighted by Crippen LogP contribution is 2.18. The van der Waals surface area contributed by atoms with Gasteiger partial charge >= 0.3 is 0 Å². The maximum atomic E-state index is 13.5. The van der Waals surface area contributed by atoms with Crippen LogP contribution in [-0.4, -0.2) is 37.1 Å². The summed E-state index contributed by atoms with van der Waals surface area (Å²) in [5.41, 5.74) is -0.203. The fraction of sp³-hybridized carbons (Fsp3) is 0.462. The van der Waals surface area contributed by atoms with Gasteiger partial charge in [-0.3, -0.25) is 4.79 Å². The Labute approximate surface area is 104 Å². The summed E-state index contributed by atoms with van der Waals surface area (Å²) in [7, 11) is 1.63. The molecule has 1 aromatic rings. The van der Waals surface area contributed by atoms with Crippen molar-refractivity contribution < 1.29 is 18.3 Å². The number of methoxy groups -OCH3 is 1. The number of nitrogens with zero attached hydrogens (tertiary/aromatic N) is 1. The van der Waals surface area contributed by atoms with E-state index < -0.39 is 17.5 Å². The predicted octanol–water partition coefficient (Wildman–Crippen LogP) is 2.22. The van der Waals surface area contributed by atoms with Gasteiger partial charge in [0.1, 0.15) is 0 Å². The zero-order valence-corrected chi connectivity index (χ0v) is 10.2. The third-order valence-corrected chi connectivity index (χ3v) is 3.24. The first kappa shape index (κ1) is 13.0. The number of rotatable bonds is 2. The Morgan fingerprint density at radius 1 is 1.33 bits per heavy atom. The van der Waals surface area contributed by atoms with Crippen LogP contribution in [0.2, 0.25) is 0 Å². The Bertz CT molecular complexity index is 443. The lowest BCUT2D eigenvalue weighted by atomic mass is 10.1. The molecule has 0 saturated carbocycles. The summed E-state index contributed by atoms with van der Waals surface area (Å²) in [5.74, 6) is -2.52. The van der Waals surface area contributed by atoms with Crippen LogP contribution >= 0.6 is 0 Å². The van der Waals surface area contributed by atoms with Crippen LogP contribution in [-0.2, 0) is 4.74 Å². The molecular weight excluding hydrogens is 240 g/mol. The molecule has 1 heterocycles. The third-order valence-electron chi connectivity index (χ3n) is 3.24. The zero-order chi connectivity index (χ0) is 13.1. The van der Waals surface area contributed by atoms with Gasteiger partial charge in [0.05, 0.1) is 11.7 Å². The van der Waals surface area contributed by atoms with E-state index in [1.54, 1.807) is 7.11 Å². The number of piperidine rings is 1. The van der Waals surface area contributed by atoms with Crippen LogP contribution in [0.5, 0.6) is 0 Å². The molecule has 1 saturated heterocycles. The molecule has 18 heavy (non-hydrogen) atoms. The van der Waals surface area contributed by atoms with Gasteiger partial charge in [0.15, 0.2) is 11.6 Å². The maximum Gasteiger partial charge on any atom is 0.256 e. The zero-order valence-electron chi connectivity index (χ0n) is 10.2. The van der Waals surface area contributed by atoms with Crippen molar-refractivity contribution in [2.45, 2.75) is 18.9 Å². The fourth-order valence-corrected chi connectivity index (χ4v) is 2.13. The van der Waals surface area contributed by atoms with E-state index in [9.17, 15) is 13.6 Å². The van der Waals surface area contributed by atoms with E-state index in [0.29, 0.717) is 13.1 Å². The van der Waals surface area contributed by atoms with Crippen molar-refractivity contribution in [3.05, 3.63) is 35.4 Å². The third kappa shape index (κ3) is 2.51. The summed E-state index contributed by atoms with van der Waals surface area (Å²) in [6, 6.07) is 3.65. The molecule has 0 atom stereocenters. The van der Waals surface area contributed by atoms with E-state index in [1.807, 2.05) is 0 Å². The Morgan fingerprint density at radius 2 is 2.00 bits per heavy atom. The normalized spacial score (nSPS) is 16.9. The molecule has 0 bridgehead atoms. The van der Waals surface area contributed by atoms with Gasteiger partial charge in [0, 0.05) is 20.2 Å². The van der Waals surface area contributed by atoms with Gasteiger partial charge in [-0.05, 0) is 25.0 Å². The van der Waals surface area contributed by atoms with Crippen LogP contribution in [0.25, 0.3) is 0 Å². The molecule has 0 N–H and O–H groups in total. The Balaban J connectivity index is 2.10. The quantitative estimate of drug-likeness (QED) is 0.811. The molecule has 1 aliphatic heterocycles. The minimum atomic E-state index is -1.07. The Hall–Kier alpha value is -1.49. The minimum Gasteiger partial charge on any atom is -0.381 e. The maximum absolute atomic E-state index is 13.5. The second-order valence-electron chi connectivity index (χ2n) is 4.33. The van der Waals surface area contributed by atoms with Crippen molar-refractivity contribution in [3.8, 4) is 0 Å². The molecule has 0 aromatic heterocycles. The number of carbonyl (C=O) groups excluding carboxylic acids is 1. The van der Waals surface area contributed by atoms with Gasteiger partial charge in [0.25, 0.3) is 5.91 Å². The highest BCUT2D eigenvalue weighted by molar-refractivity contribution is 5.94. The first-order valence-electron chi connectivity index (χ1n) is 5.89. The van der Waals surface area contributed by atoms with Crippen LogP contribution in [0.3, 0.4) is 0 Å². The monoisotopic (exact) mass is 255 g/mol. The van der Waals surface area contributed by atoms with Crippen molar-refractivity contribution in [1.82, 2.24) is 4.90 Å². The van der Waals surface area contributed by atoms with E-state index in [0.717, 1.165) is 18.9 Å². The molecular formula is C13H15F2NO2. The molecule has 5 heteroatoms. The fourth-order valence-electron chi connectivity index (χ4n) is 2.13. The van der Waals surface area contributed by atoms with E-state index in [1.165, 1.54) is 17.0 Å². The van der Waals surface area contributed by atoms with Crippen molar-refractivity contribution in [1.29, 1.82) is 0 Å². The van der Waals surface area contributed by atoms with Gasteiger partial charge in [-0.25, -0.2) is 8.78 Å². The van der Waals surface area contributed by atoms with Gasteiger partial charge in [-0.2, -0.15) is 0 Å². The van der Waals surface area contributed by atoms with Crippen LogP contribution in [0.15, 0.2) is 18.2 Å². The molecule has 1 aromatic carbocycles. The summed E-state index contributed by atoms with van der Waals surface area (Å²) in [6.07, 6.45) is 1.59. The van der Waals surface area contributed by atoms with E-state index in [-0.39, 0.29) is 11.7 Å².